The molecule has 0 spiro atoms. The second-order valence-electron chi connectivity index (χ2n) is 5.38. The monoisotopic (exact) mass is 508 g/mol. The average molecular weight is 509 g/mol. The van der Waals surface area contributed by atoms with Crippen LogP contribution >= 0.6 is 47.3 Å². The van der Waals surface area contributed by atoms with Gasteiger partial charge in [-0.2, -0.15) is 11.8 Å². The van der Waals surface area contributed by atoms with Crippen molar-refractivity contribution in [3.05, 3.63) is 64.2 Å². The van der Waals surface area contributed by atoms with E-state index in [0.29, 0.717) is 24.2 Å². The number of benzene rings is 1. The number of nitrogens with zero attached hydrogens (tertiary/aromatic N) is 2. The topological polar surface area (TPSA) is 49.3 Å². The highest BCUT2D eigenvalue weighted by Crippen LogP contribution is 2.16. The summed E-state index contributed by atoms with van der Waals surface area (Å²) in [4.78, 5) is 8.61. The van der Waals surface area contributed by atoms with Gasteiger partial charge in [0.2, 0.25) is 0 Å². The number of halogens is 3. The van der Waals surface area contributed by atoms with E-state index in [2.05, 4.69) is 20.6 Å². The molecular weight excluding hydrogens is 486 g/mol. The number of pyridine rings is 1. The summed E-state index contributed by atoms with van der Waals surface area (Å²) in [5.41, 5.74) is 3.04. The van der Waals surface area contributed by atoms with Gasteiger partial charge in [-0.25, -0.2) is 14.4 Å². The van der Waals surface area contributed by atoms with E-state index >= 15 is 0 Å². The number of hydrogen-bond acceptors (Lipinski definition) is 3. The molecule has 1 aromatic heterocycles. The van der Waals surface area contributed by atoms with Crippen LogP contribution in [0.3, 0.4) is 0 Å². The molecule has 0 saturated carbocycles. The maximum atomic E-state index is 13.4. The quantitative estimate of drug-likeness (QED) is 0.248. The first-order chi connectivity index (χ1) is 12.1. The summed E-state index contributed by atoms with van der Waals surface area (Å²) in [5, 5.41) is 6.98. The standard InChI is InChI=1S/C18H22ClFN4S.HI/c1-3-21-18(23-10-13-4-7-17(19)22-9-13)24-11-14-5-6-16(20)8-15(14)12-25-2;/h4-9H,3,10-12H2,1-2H3,(H2,21,23,24);1H. The number of thioether (sulfide) groups is 1. The van der Waals surface area contributed by atoms with Gasteiger partial charge in [0, 0.05) is 25.0 Å². The van der Waals surface area contributed by atoms with Gasteiger partial charge in [0.05, 0.1) is 6.54 Å². The third kappa shape index (κ3) is 7.67. The van der Waals surface area contributed by atoms with Crippen LogP contribution in [0, 0.1) is 5.82 Å². The fourth-order valence-corrected chi connectivity index (χ4v) is 2.94. The number of nitrogens with one attached hydrogen (secondary N) is 2. The molecule has 0 aliphatic carbocycles. The molecule has 1 heterocycles. The maximum absolute atomic E-state index is 13.4. The first kappa shape index (κ1) is 23.0. The minimum Gasteiger partial charge on any atom is -0.357 e. The van der Waals surface area contributed by atoms with Gasteiger partial charge < -0.3 is 10.6 Å². The minimum atomic E-state index is -0.205. The number of aliphatic imine (C=N–C) groups is 1. The van der Waals surface area contributed by atoms with E-state index in [4.69, 9.17) is 11.6 Å². The van der Waals surface area contributed by atoms with E-state index in [1.807, 2.05) is 25.3 Å². The normalized spacial score (nSPS) is 11.0. The van der Waals surface area contributed by atoms with Crippen LogP contribution in [0.5, 0.6) is 0 Å². The summed E-state index contributed by atoms with van der Waals surface area (Å²) in [6, 6.07) is 8.56. The Hall–Kier alpha value is -1.06. The number of rotatable bonds is 7. The molecule has 2 rings (SSSR count). The Morgan fingerprint density at radius 3 is 2.69 bits per heavy atom. The maximum Gasteiger partial charge on any atom is 0.191 e. The molecular formula is C18H23ClFIN4S. The number of hydrogen-bond donors (Lipinski definition) is 2. The van der Waals surface area contributed by atoms with Crippen LogP contribution in [0.25, 0.3) is 0 Å². The zero-order valence-electron chi connectivity index (χ0n) is 14.8. The molecule has 0 radical (unpaired) electrons. The summed E-state index contributed by atoms with van der Waals surface area (Å²) in [6.45, 7) is 3.85. The Morgan fingerprint density at radius 2 is 2.04 bits per heavy atom. The smallest absolute Gasteiger partial charge is 0.191 e. The molecule has 0 aliphatic rings. The second-order valence-corrected chi connectivity index (χ2v) is 6.64. The average Bonchev–Trinajstić information content (AvgIpc) is 2.60. The molecule has 0 atom stereocenters. The Balaban J connectivity index is 0.00000338. The Morgan fingerprint density at radius 1 is 1.23 bits per heavy atom. The Bertz CT molecular complexity index is 713. The van der Waals surface area contributed by atoms with Crippen molar-refractivity contribution in [3.8, 4) is 0 Å². The molecule has 1 aromatic carbocycles. The molecule has 8 heteroatoms. The van der Waals surface area contributed by atoms with Crippen LogP contribution in [0.2, 0.25) is 5.15 Å². The van der Waals surface area contributed by atoms with Crippen LogP contribution in [0.1, 0.15) is 23.6 Å². The van der Waals surface area contributed by atoms with E-state index in [-0.39, 0.29) is 29.8 Å². The predicted octanol–water partition coefficient (Wildman–Crippen LogP) is 4.61. The summed E-state index contributed by atoms with van der Waals surface area (Å²) in [6.07, 6.45) is 3.72. The van der Waals surface area contributed by atoms with Crippen molar-refractivity contribution in [1.29, 1.82) is 0 Å². The lowest BCUT2D eigenvalue weighted by atomic mass is 10.1. The molecule has 2 N–H and O–H groups in total. The zero-order chi connectivity index (χ0) is 18.1. The van der Waals surface area contributed by atoms with E-state index < -0.39 is 0 Å². The molecule has 0 saturated heterocycles. The fourth-order valence-electron chi connectivity index (χ4n) is 2.25. The molecule has 26 heavy (non-hydrogen) atoms. The van der Waals surface area contributed by atoms with Crippen molar-refractivity contribution >= 4 is 53.3 Å². The molecule has 0 amide bonds. The Kier molecular flexibility index (Phi) is 10.9. The first-order valence-electron chi connectivity index (χ1n) is 8.01. The van der Waals surface area contributed by atoms with Gasteiger partial charge in [-0.15, -0.1) is 24.0 Å². The van der Waals surface area contributed by atoms with E-state index in [0.717, 1.165) is 29.0 Å². The van der Waals surface area contributed by atoms with E-state index in [1.165, 1.54) is 6.07 Å². The van der Waals surface area contributed by atoms with Crippen molar-refractivity contribution in [2.75, 3.05) is 12.8 Å². The summed E-state index contributed by atoms with van der Waals surface area (Å²) < 4.78 is 13.4. The van der Waals surface area contributed by atoms with Crippen molar-refractivity contribution < 1.29 is 4.39 Å². The summed E-state index contributed by atoms with van der Waals surface area (Å²) >= 11 is 7.47. The van der Waals surface area contributed by atoms with Crippen molar-refractivity contribution in [3.63, 3.8) is 0 Å². The minimum absolute atomic E-state index is 0. The highest BCUT2D eigenvalue weighted by molar-refractivity contribution is 14.0. The third-order valence-corrected chi connectivity index (χ3v) is 4.29. The summed E-state index contributed by atoms with van der Waals surface area (Å²) in [5.74, 6) is 1.28. The highest BCUT2D eigenvalue weighted by atomic mass is 127. The van der Waals surface area contributed by atoms with Crippen molar-refractivity contribution in [2.24, 2.45) is 4.99 Å². The molecule has 2 aromatic rings. The van der Waals surface area contributed by atoms with Gasteiger partial charge in [-0.1, -0.05) is 23.7 Å². The predicted molar refractivity (Wildman–Crippen MR) is 120 cm³/mol. The van der Waals surface area contributed by atoms with Crippen LogP contribution in [-0.2, 0) is 18.8 Å². The molecule has 4 nitrogen and oxygen atoms in total. The molecule has 0 unspecified atom stereocenters. The van der Waals surface area contributed by atoms with Crippen LogP contribution in [0.15, 0.2) is 41.5 Å². The second kappa shape index (κ2) is 12.3. The van der Waals surface area contributed by atoms with Crippen molar-refractivity contribution in [2.45, 2.75) is 25.8 Å². The largest absolute Gasteiger partial charge is 0.357 e. The lowest BCUT2D eigenvalue weighted by molar-refractivity contribution is 0.625. The zero-order valence-corrected chi connectivity index (χ0v) is 18.7. The van der Waals surface area contributed by atoms with Gasteiger partial charge >= 0.3 is 0 Å². The van der Waals surface area contributed by atoms with Crippen LogP contribution in [0.4, 0.5) is 4.39 Å². The lowest BCUT2D eigenvalue weighted by Gasteiger charge is -2.14. The fraction of sp³-hybridized carbons (Fsp3) is 0.333. The molecule has 0 fully saturated rings. The Labute approximate surface area is 180 Å². The molecule has 142 valence electrons. The SMILES string of the molecule is CCNC(=NCc1ccc(Cl)nc1)NCc1ccc(F)cc1CSC.I. The van der Waals surface area contributed by atoms with Crippen molar-refractivity contribution in [1.82, 2.24) is 15.6 Å². The van der Waals surface area contributed by atoms with Gasteiger partial charge in [-0.3, -0.25) is 0 Å². The highest BCUT2D eigenvalue weighted by Gasteiger charge is 2.05. The lowest BCUT2D eigenvalue weighted by Crippen LogP contribution is -2.37. The molecule has 0 bridgehead atoms. The van der Waals surface area contributed by atoms with Crippen LogP contribution in [-0.4, -0.2) is 23.7 Å². The first-order valence-corrected chi connectivity index (χ1v) is 9.78. The van der Waals surface area contributed by atoms with E-state index in [1.54, 1.807) is 30.1 Å². The number of aromatic nitrogens is 1. The van der Waals surface area contributed by atoms with Gasteiger partial charge in [0.15, 0.2) is 5.96 Å². The third-order valence-electron chi connectivity index (χ3n) is 3.47. The van der Waals surface area contributed by atoms with Gasteiger partial charge in [0.25, 0.3) is 0 Å². The number of guanidine groups is 1. The van der Waals surface area contributed by atoms with Gasteiger partial charge in [-0.05, 0) is 48.1 Å². The summed E-state index contributed by atoms with van der Waals surface area (Å²) in [7, 11) is 0. The van der Waals surface area contributed by atoms with Crippen LogP contribution < -0.4 is 10.6 Å². The molecule has 0 aliphatic heterocycles. The van der Waals surface area contributed by atoms with Gasteiger partial charge in [0.1, 0.15) is 11.0 Å². The van der Waals surface area contributed by atoms with E-state index in [9.17, 15) is 4.39 Å².